The van der Waals surface area contributed by atoms with E-state index in [4.69, 9.17) is 0 Å². The highest BCUT2D eigenvalue weighted by Crippen LogP contribution is 2.34. The zero-order valence-corrected chi connectivity index (χ0v) is 18.1. The predicted molar refractivity (Wildman–Crippen MR) is 121 cm³/mol. The van der Waals surface area contributed by atoms with E-state index in [1.807, 2.05) is 35.7 Å². The molecule has 0 aliphatic heterocycles. The Kier molecular flexibility index (Phi) is 4.03. The second-order valence-electron chi connectivity index (χ2n) is 6.65. The Morgan fingerprint density at radius 1 is 0.935 bits per heavy atom. The van der Waals surface area contributed by atoms with Gasteiger partial charge in [0.1, 0.15) is 0 Å². The van der Waals surface area contributed by atoms with Gasteiger partial charge in [-0.3, -0.25) is 0 Å². The fraction of sp³-hybridized carbons (Fsp3) is 0. The normalized spacial score (nSPS) is 12.1. The number of sulfone groups is 1. The van der Waals surface area contributed by atoms with E-state index in [0.29, 0.717) is 10.9 Å². The molecule has 2 aromatic carbocycles. The van der Waals surface area contributed by atoms with E-state index < -0.39 is 9.84 Å². The molecule has 0 radical (unpaired) electrons. The fourth-order valence-electron chi connectivity index (χ4n) is 3.32. The van der Waals surface area contributed by atoms with Crippen LogP contribution in [0.1, 0.15) is 0 Å². The molecule has 6 rings (SSSR count). The molecule has 11 heteroatoms. The lowest BCUT2D eigenvalue weighted by Gasteiger charge is -2.06. The number of nitrogens with zero attached hydrogens (tertiary/aromatic N) is 5. The van der Waals surface area contributed by atoms with E-state index in [0.717, 1.165) is 20.4 Å². The first-order valence-corrected chi connectivity index (χ1v) is 12.3. The number of benzene rings is 2. The summed E-state index contributed by atoms with van der Waals surface area (Å²) in [6.45, 7) is 0. The lowest BCUT2D eigenvalue weighted by Crippen LogP contribution is -2.05. The van der Waals surface area contributed by atoms with Gasteiger partial charge in [0.25, 0.3) is 0 Å². The number of anilines is 2. The highest BCUT2D eigenvalue weighted by Gasteiger charge is 2.27. The van der Waals surface area contributed by atoms with E-state index in [-0.39, 0.29) is 15.6 Å². The smallest absolute Gasteiger partial charge is 0.229 e. The number of thiazole rings is 1. The van der Waals surface area contributed by atoms with Crippen LogP contribution in [0.4, 0.5) is 10.9 Å². The molecule has 4 heterocycles. The van der Waals surface area contributed by atoms with E-state index in [1.54, 1.807) is 18.2 Å². The first-order chi connectivity index (χ1) is 15.1. The van der Waals surface area contributed by atoms with Crippen molar-refractivity contribution < 1.29 is 8.42 Å². The Morgan fingerprint density at radius 2 is 1.74 bits per heavy atom. The third kappa shape index (κ3) is 2.89. The molecule has 0 saturated heterocycles. The molecule has 0 fully saturated rings. The molecule has 0 amide bonds. The van der Waals surface area contributed by atoms with Crippen LogP contribution < -0.4 is 5.32 Å². The van der Waals surface area contributed by atoms with Crippen LogP contribution in [0.5, 0.6) is 0 Å². The average molecular weight is 465 g/mol. The number of thiophene rings is 1. The number of nitrogens with one attached hydrogen (secondary N) is 1. The summed E-state index contributed by atoms with van der Waals surface area (Å²) in [4.78, 5) is 9.36. The van der Waals surface area contributed by atoms with Gasteiger partial charge in [0.15, 0.2) is 16.6 Å². The number of fused-ring (bicyclic) bond motifs is 4. The molecule has 0 aliphatic carbocycles. The van der Waals surface area contributed by atoms with Crippen molar-refractivity contribution in [3.8, 4) is 0 Å². The number of para-hydroxylation sites is 1. The molecule has 152 valence electrons. The van der Waals surface area contributed by atoms with Crippen LogP contribution >= 0.6 is 22.7 Å². The highest BCUT2D eigenvalue weighted by atomic mass is 32.2. The first-order valence-electron chi connectivity index (χ1n) is 9.16. The minimum Gasteiger partial charge on any atom is -0.315 e. The molecule has 6 aromatic rings. The maximum atomic E-state index is 13.2. The average Bonchev–Trinajstić information content (AvgIpc) is 3.51. The molecule has 31 heavy (non-hydrogen) atoms. The molecule has 0 saturated carbocycles. The summed E-state index contributed by atoms with van der Waals surface area (Å²) in [5.41, 5.74) is 1.77. The highest BCUT2D eigenvalue weighted by molar-refractivity contribution is 7.91. The van der Waals surface area contributed by atoms with Gasteiger partial charge in [-0.25, -0.2) is 18.4 Å². The maximum Gasteiger partial charge on any atom is 0.229 e. The molecule has 1 N–H and O–H groups in total. The second-order valence-corrected chi connectivity index (χ2v) is 10.5. The van der Waals surface area contributed by atoms with Crippen LogP contribution in [0.25, 0.3) is 26.1 Å². The molecule has 0 aliphatic rings. The standard InChI is InChI=1S/C20H12N6O2S3/c27-31(28,12-6-2-1-3-7-12)19-18-22-17(16-14(10-11-29-16)26(18)25-24-19)23-20-21-13-8-4-5-9-15(13)30-20/h1-11H,(H,21,22,23). The fourth-order valence-corrected chi connectivity index (χ4v) is 6.26. The second kappa shape index (κ2) is 6.80. The van der Waals surface area contributed by atoms with Crippen LogP contribution in [0.2, 0.25) is 0 Å². The number of rotatable bonds is 4. The minimum absolute atomic E-state index is 0.144. The van der Waals surface area contributed by atoms with Crippen LogP contribution in [0.15, 0.2) is 76.0 Å². The van der Waals surface area contributed by atoms with Crippen molar-refractivity contribution in [3.05, 3.63) is 66.0 Å². The van der Waals surface area contributed by atoms with Crippen LogP contribution in [-0.2, 0) is 9.84 Å². The maximum absolute atomic E-state index is 13.2. The molecule has 4 aromatic heterocycles. The van der Waals surface area contributed by atoms with Gasteiger partial charge in [-0.1, -0.05) is 46.9 Å². The Morgan fingerprint density at radius 3 is 2.58 bits per heavy atom. The van der Waals surface area contributed by atoms with Gasteiger partial charge in [0.2, 0.25) is 14.9 Å². The summed E-state index contributed by atoms with van der Waals surface area (Å²) >= 11 is 2.99. The quantitative estimate of drug-likeness (QED) is 0.409. The van der Waals surface area contributed by atoms with Crippen molar-refractivity contribution in [2.75, 3.05) is 5.32 Å². The van der Waals surface area contributed by atoms with E-state index in [1.165, 1.54) is 39.3 Å². The lowest BCUT2D eigenvalue weighted by atomic mass is 10.3. The number of hydrogen-bond acceptors (Lipinski definition) is 9. The molecule has 0 atom stereocenters. The van der Waals surface area contributed by atoms with Gasteiger partial charge in [0, 0.05) is 0 Å². The van der Waals surface area contributed by atoms with Crippen molar-refractivity contribution in [1.82, 2.24) is 24.8 Å². The first kappa shape index (κ1) is 18.4. The predicted octanol–water partition coefficient (Wildman–Crippen LogP) is 4.53. The van der Waals surface area contributed by atoms with Crippen LogP contribution in [-0.4, -0.2) is 33.2 Å². The van der Waals surface area contributed by atoms with Gasteiger partial charge in [-0.15, -0.1) is 16.4 Å². The Bertz CT molecular complexity index is 1650. The lowest BCUT2D eigenvalue weighted by molar-refractivity contribution is 0.592. The van der Waals surface area contributed by atoms with Gasteiger partial charge in [-0.2, -0.15) is 4.52 Å². The van der Waals surface area contributed by atoms with Crippen LogP contribution in [0, 0.1) is 0 Å². The molecule has 0 bridgehead atoms. The SMILES string of the molecule is O=S(=O)(c1ccccc1)c1nnn2c1nc(Nc1nc3ccccc3s1)c1sccc12. The Balaban J connectivity index is 1.55. The van der Waals surface area contributed by atoms with Gasteiger partial charge in [0.05, 0.1) is 25.3 Å². The summed E-state index contributed by atoms with van der Waals surface area (Å²) in [6.07, 6.45) is 0. The summed E-state index contributed by atoms with van der Waals surface area (Å²) in [5, 5.41) is 13.7. The zero-order chi connectivity index (χ0) is 21.0. The van der Waals surface area contributed by atoms with Crippen molar-refractivity contribution in [2.24, 2.45) is 0 Å². The largest absolute Gasteiger partial charge is 0.315 e. The summed E-state index contributed by atoms with van der Waals surface area (Å²) in [7, 11) is -3.88. The summed E-state index contributed by atoms with van der Waals surface area (Å²) < 4.78 is 29.7. The number of hydrogen-bond donors (Lipinski definition) is 1. The summed E-state index contributed by atoms with van der Waals surface area (Å²) in [6, 6.07) is 17.9. The van der Waals surface area contributed by atoms with E-state index in [9.17, 15) is 8.42 Å². The van der Waals surface area contributed by atoms with Crippen LogP contribution in [0.3, 0.4) is 0 Å². The van der Waals surface area contributed by atoms with Gasteiger partial charge >= 0.3 is 0 Å². The summed E-state index contributed by atoms with van der Waals surface area (Å²) in [5.74, 6) is 0.517. The molecular formula is C20H12N6O2S3. The number of aromatic nitrogens is 5. The third-order valence-electron chi connectivity index (χ3n) is 4.75. The van der Waals surface area contributed by atoms with E-state index in [2.05, 4.69) is 25.6 Å². The minimum atomic E-state index is -3.88. The van der Waals surface area contributed by atoms with Crippen molar-refractivity contribution >= 4 is 69.5 Å². The molecule has 0 unspecified atom stereocenters. The monoisotopic (exact) mass is 464 g/mol. The van der Waals surface area contributed by atoms with Gasteiger partial charge < -0.3 is 5.32 Å². The molecule has 8 nitrogen and oxygen atoms in total. The molecular weight excluding hydrogens is 452 g/mol. The third-order valence-corrected chi connectivity index (χ3v) is 8.28. The molecule has 0 spiro atoms. The van der Waals surface area contributed by atoms with Crippen molar-refractivity contribution in [2.45, 2.75) is 9.92 Å². The zero-order valence-electron chi connectivity index (χ0n) is 15.6. The topological polar surface area (TPSA) is 102 Å². The van der Waals surface area contributed by atoms with Gasteiger partial charge in [-0.05, 0) is 35.7 Å². The Labute approximate surface area is 183 Å². The van der Waals surface area contributed by atoms with Crippen molar-refractivity contribution in [1.29, 1.82) is 0 Å². The van der Waals surface area contributed by atoms with Crippen molar-refractivity contribution in [3.63, 3.8) is 0 Å². The Hall–Kier alpha value is -3.41. The van der Waals surface area contributed by atoms with E-state index >= 15 is 0 Å².